The van der Waals surface area contributed by atoms with Gasteiger partial charge in [-0.1, -0.05) is 0 Å². The van der Waals surface area contributed by atoms with Gasteiger partial charge in [0.1, 0.15) is 12.1 Å². The molecular formula is C22H36N8O6. The van der Waals surface area contributed by atoms with Crippen LogP contribution in [0.25, 0.3) is 0 Å². The lowest BCUT2D eigenvalue weighted by Crippen LogP contribution is -2.42. The van der Waals surface area contributed by atoms with Gasteiger partial charge in [0.15, 0.2) is 0 Å². The van der Waals surface area contributed by atoms with E-state index in [1.807, 2.05) is 0 Å². The highest BCUT2D eigenvalue weighted by molar-refractivity contribution is 5.84. The molecule has 0 radical (unpaired) electrons. The van der Waals surface area contributed by atoms with Crippen molar-refractivity contribution in [2.24, 2.45) is 25.6 Å². The van der Waals surface area contributed by atoms with Crippen LogP contribution in [0, 0.1) is 0 Å². The van der Waals surface area contributed by atoms with Gasteiger partial charge in [-0.2, -0.15) is 0 Å². The van der Waals surface area contributed by atoms with Crippen LogP contribution in [-0.2, 0) is 46.1 Å². The minimum Gasteiger partial charge on any atom is -0.480 e. The van der Waals surface area contributed by atoms with E-state index in [0.717, 1.165) is 11.4 Å². The zero-order valence-electron chi connectivity index (χ0n) is 20.6. The number of carboxylic acids is 2. The van der Waals surface area contributed by atoms with E-state index in [0.29, 0.717) is 25.9 Å². The quantitative estimate of drug-likeness (QED) is 0.174. The molecule has 0 saturated heterocycles. The number of hydrogen-bond acceptors (Lipinski definition) is 8. The first-order valence-corrected chi connectivity index (χ1v) is 11.4. The summed E-state index contributed by atoms with van der Waals surface area (Å²) in [5.74, 6) is -2.71. The van der Waals surface area contributed by atoms with E-state index in [9.17, 15) is 19.2 Å². The molecule has 2 amide bonds. The van der Waals surface area contributed by atoms with Gasteiger partial charge in [0.25, 0.3) is 0 Å². The van der Waals surface area contributed by atoms with Crippen LogP contribution in [0.5, 0.6) is 0 Å². The normalized spacial score (nSPS) is 12.1. The van der Waals surface area contributed by atoms with Crippen molar-refractivity contribution in [2.45, 2.75) is 50.6 Å². The summed E-state index contributed by atoms with van der Waals surface area (Å²) in [6, 6.07) is -1.88. The number of aryl methyl sites for hydroxylation is 2. The van der Waals surface area contributed by atoms with E-state index in [1.165, 1.54) is 0 Å². The third kappa shape index (κ3) is 11.1. The zero-order chi connectivity index (χ0) is 27.1. The Kier molecular flexibility index (Phi) is 13.4. The third-order valence-electron chi connectivity index (χ3n) is 5.14. The molecule has 0 unspecified atom stereocenters. The highest BCUT2D eigenvalue weighted by atomic mass is 16.4. The number of aliphatic carboxylic acids is 2. The molecule has 2 heterocycles. The van der Waals surface area contributed by atoms with Gasteiger partial charge in [-0.15, -0.1) is 0 Å². The van der Waals surface area contributed by atoms with Crippen molar-refractivity contribution in [3.63, 3.8) is 0 Å². The smallest absolute Gasteiger partial charge is 0.326 e. The standard InChI is InChI=1S/2C11H18N4O3/c2*1-15-7-13-6-8(15)5-9(11(17)18)14-10(16)3-2-4-12/h2*6-7,9H,2-5,12H2,1H3,(H,14,16)(H,17,18)/t2*9-/m00/s1. The number of rotatable bonds is 14. The Bertz CT molecular complexity index is 911. The fraction of sp³-hybridized carbons (Fsp3) is 0.545. The summed E-state index contributed by atoms with van der Waals surface area (Å²) in [4.78, 5) is 52.9. The first-order chi connectivity index (χ1) is 17.1. The first kappa shape index (κ1) is 30.3. The molecular weight excluding hydrogens is 472 g/mol. The number of carbonyl (C=O) groups is 4. The summed E-state index contributed by atoms with van der Waals surface area (Å²) in [5.41, 5.74) is 12.1. The predicted octanol–water partition coefficient (Wildman–Crippen LogP) is -1.46. The van der Waals surface area contributed by atoms with Gasteiger partial charge < -0.3 is 41.4 Å². The third-order valence-corrected chi connectivity index (χ3v) is 5.14. The van der Waals surface area contributed by atoms with E-state index >= 15 is 0 Å². The fourth-order valence-electron chi connectivity index (χ4n) is 3.04. The topological polar surface area (TPSA) is 220 Å². The van der Waals surface area contributed by atoms with E-state index in [4.69, 9.17) is 21.7 Å². The summed E-state index contributed by atoms with van der Waals surface area (Å²) >= 11 is 0. The van der Waals surface area contributed by atoms with Crippen LogP contribution in [0.15, 0.2) is 25.0 Å². The van der Waals surface area contributed by atoms with Gasteiger partial charge in [-0.25, -0.2) is 19.6 Å². The highest BCUT2D eigenvalue weighted by Crippen LogP contribution is 2.04. The molecule has 0 spiro atoms. The zero-order valence-corrected chi connectivity index (χ0v) is 20.6. The molecule has 2 atom stereocenters. The van der Waals surface area contributed by atoms with Gasteiger partial charge in [0.2, 0.25) is 11.8 Å². The van der Waals surface area contributed by atoms with Gasteiger partial charge in [-0.3, -0.25) is 9.59 Å². The second-order valence-corrected chi connectivity index (χ2v) is 8.10. The Morgan fingerprint density at radius 1 is 0.806 bits per heavy atom. The SMILES string of the molecule is Cn1cncc1C[C@H](NC(=O)CCCN)C(=O)O.Cn1cncc1C[C@H](NC(=O)CCCN)C(=O)O. The Morgan fingerprint density at radius 3 is 1.42 bits per heavy atom. The molecule has 0 aliphatic heterocycles. The molecule has 14 nitrogen and oxygen atoms in total. The van der Waals surface area contributed by atoms with E-state index in [1.54, 1.807) is 48.3 Å². The molecule has 0 aliphatic rings. The van der Waals surface area contributed by atoms with Crippen LogP contribution in [0.1, 0.15) is 37.1 Å². The molecule has 0 saturated carbocycles. The molecule has 8 N–H and O–H groups in total. The second-order valence-electron chi connectivity index (χ2n) is 8.10. The molecule has 200 valence electrons. The second kappa shape index (κ2) is 16.0. The van der Waals surface area contributed by atoms with Crippen molar-refractivity contribution in [1.82, 2.24) is 29.7 Å². The number of amides is 2. The molecule has 14 heteroatoms. The summed E-state index contributed by atoms with van der Waals surface area (Å²) in [6.45, 7) is 0.819. The Hall–Kier alpha value is -3.78. The average Bonchev–Trinajstić information content (AvgIpc) is 3.42. The fourth-order valence-corrected chi connectivity index (χ4v) is 3.04. The summed E-state index contributed by atoms with van der Waals surface area (Å²) in [6.07, 6.45) is 8.34. The average molecular weight is 509 g/mol. The number of imidazole rings is 2. The van der Waals surface area contributed by atoms with Gasteiger partial charge in [0.05, 0.1) is 12.7 Å². The van der Waals surface area contributed by atoms with Crippen molar-refractivity contribution in [3.8, 4) is 0 Å². The monoisotopic (exact) mass is 508 g/mol. The van der Waals surface area contributed by atoms with E-state index < -0.39 is 24.0 Å². The molecule has 0 aromatic carbocycles. The highest BCUT2D eigenvalue weighted by Gasteiger charge is 2.22. The number of nitrogens with two attached hydrogens (primary N) is 2. The van der Waals surface area contributed by atoms with Gasteiger partial charge >= 0.3 is 11.9 Å². The lowest BCUT2D eigenvalue weighted by atomic mass is 10.1. The minimum atomic E-state index is -1.06. The van der Waals surface area contributed by atoms with Gasteiger partial charge in [0, 0.05) is 63.6 Å². The maximum absolute atomic E-state index is 11.5. The van der Waals surface area contributed by atoms with Crippen molar-refractivity contribution in [2.75, 3.05) is 13.1 Å². The van der Waals surface area contributed by atoms with Crippen LogP contribution >= 0.6 is 0 Å². The van der Waals surface area contributed by atoms with Crippen LogP contribution < -0.4 is 22.1 Å². The Labute approximate surface area is 209 Å². The van der Waals surface area contributed by atoms with Crippen molar-refractivity contribution in [3.05, 3.63) is 36.4 Å². The van der Waals surface area contributed by atoms with E-state index in [-0.39, 0.29) is 37.5 Å². The molecule has 2 rings (SSSR count). The molecule has 36 heavy (non-hydrogen) atoms. The lowest BCUT2D eigenvalue weighted by Gasteiger charge is -2.14. The molecule has 2 aromatic rings. The Balaban J connectivity index is 0.000000360. The number of nitrogens with zero attached hydrogens (tertiary/aromatic N) is 4. The number of hydrogen-bond donors (Lipinski definition) is 6. The van der Waals surface area contributed by atoms with Gasteiger partial charge in [-0.05, 0) is 25.9 Å². The van der Waals surface area contributed by atoms with Crippen LogP contribution in [0.2, 0.25) is 0 Å². The summed E-state index contributed by atoms with van der Waals surface area (Å²) in [5, 5.41) is 23.1. The molecule has 2 aromatic heterocycles. The van der Waals surface area contributed by atoms with Crippen LogP contribution in [-0.4, -0.2) is 78.2 Å². The number of carbonyl (C=O) groups excluding carboxylic acids is 2. The van der Waals surface area contributed by atoms with Crippen molar-refractivity contribution < 1.29 is 29.4 Å². The predicted molar refractivity (Wildman–Crippen MR) is 130 cm³/mol. The maximum Gasteiger partial charge on any atom is 0.326 e. The Morgan fingerprint density at radius 2 is 1.17 bits per heavy atom. The van der Waals surface area contributed by atoms with Crippen molar-refractivity contribution in [1.29, 1.82) is 0 Å². The largest absolute Gasteiger partial charge is 0.480 e. The van der Waals surface area contributed by atoms with E-state index in [2.05, 4.69) is 20.6 Å². The molecule has 0 aliphatic carbocycles. The maximum atomic E-state index is 11.5. The van der Waals surface area contributed by atoms with Crippen LogP contribution in [0.4, 0.5) is 0 Å². The lowest BCUT2D eigenvalue weighted by molar-refractivity contribution is -0.142. The van der Waals surface area contributed by atoms with Crippen molar-refractivity contribution >= 4 is 23.8 Å². The number of carboxylic acid groups (broad SMARTS) is 2. The molecule has 0 fully saturated rings. The summed E-state index contributed by atoms with van der Waals surface area (Å²) in [7, 11) is 3.55. The molecule has 0 bridgehead atoms. The number of aromatic nitrogens is 4. The summed E-state index contributed by atoms with van der Waals surface area (Å²) < 4.78 is 3.45. The minimum absolute atomic E-state index is 0.209. The number of nitrogens with one attached hydrogen (secondary N) is 2. The van der Waals surface area contributed by atoms with Crippen LogP contribution in [0.3, 0.4) is 0 Å². The first-order valence-electron chi connectivity index (χ1n) is 11.4.